The molecule has 0 aliphatic rings. The Kier molecular flexibility index (Phi) is 12.2. The van der Waals surface area contributed by atoms with Crippen LogP contribution in [0.5, 0.6) is 0 Å². The minimum Gasteiger partial charge on any atom is -0.354 e. The van der Waals surface area contributed by atoms with Crippen LogP contribution in [0.2, 0.25) is 10.0 Å². The predicted octanol–water partition coefficient (Wildman–Crippen LogP) is 7.62. The van der Waals surface area contributed by atoms with E-state index in [4.69, 9.17) is 23.2 Å². The van der Waals surface area contributed by atoms with Crippen LogP contribution in [-0.4, -0.2) is 44.3 Å². The molecule has 0 aliphatic carbocycles. The molecule has 7 nitrogen and oxygen atoms in total. The van der Waals surface area contributed by atoms with Crippen molar-refractivity contribution in [2.45, 2.75) is 43.9 Å². The molecular formula is C35H34Cl2F3N3O4S. The second-order valence-corrected chi connectivity index (χ2v) is 14.1. The van der Waals surface area contributed by atoms with E-state index in [2.05, 4.69) is 5.32 Å². The van der Waals surface area contributed by atoms with Gasteiger partial charge in [-0.2, -0.15) is 13.2 Å². The molecule has 0 radical (unpaired) electrons. The SMILES string of the molecule is CC(C)CNC(=O)C(Cc1ccccc1)N(Cc1ccccc1Cl)C(=O)CN(c1cc(C(F)(F)F)ccc1Cl)S(=O)(=O)c1ccccc1. The van der Waals surface area contributed by atoms with E-state index in [0.29, 0.717) is 33.1 Å². The van der Waals surface area contributed by atoms with Crippen LogP contribution in [0.3, 0.4) is 0 Å². The number of rotatable bonds is 13. The first-order valence-corrected chi connectivity index (χ1v) is 17.2. The molecule has 0 aliphatic heterocycles. The summed E-state index contributed by atoms with van der Waals surface area (Å²) in [5.41, 5.74) is -0.526. The highest BCUT2D eigenvalue weighted by Crippen LogP contribution is 2.37. The molecule has 1 atom stereocenters. The number of benzene rings is 4. The molecular weight excluding hydrogens is 686 g/mol. The van der Waals surface area contributed by atoms with Crippen molar-refractivity contribution in [1.29, 1.82) is 0 Å². The molecule has 0 saturated carbocycles. The van der Waals surface area contributed by atoms with Crippen molar-refractivity contribution < 1.29 is 31.2 Å². The standard InChI is InChI=1S/C35H34Cl2F3N3O4S/c1-24(2)21-41-34(45)32(19-25-11-5-3-6-12-25)42(22-26-13-9-10-16-29(26)36)33(44)23-43(48(46,47)28-14-7-4-8-15-28)31-20-27(35(38,39)40)17-18-30(31)37/h3-18,20,24,32H,19,21-23H2,1-2H3,(H,41,45). The summed E-state index contributed by atoms with van der Waals surface area (Å²) in [6.07, 6.45) is -4.78. The molecule has 0 spiro atoms. The lowest BCUT2D eigenvalue weighted by Crippen LogP contribution is -2.53. The quantitative estimate of drug-likeness (QED) is 0.154. The predicted molar refractivity (Wildman–Crippen MR) is 181 cm³/mol. The largest absolute Gasteiger partial charge is 0.416 e. The van der Waals surface area contributed by atoms with E-state index in [1.807, 2.05) is 13.8 Å². The summed E-state index contributed by atoms with van der Waals surface area (Å²) in [6.45, 7) is 2.92. The molecule has 4 aromatic carbocycles. The summed E-state index contributed by atoms with van der Waals surface area (Å²) >= 11 is 12.8. The second-order valence-electron chi connectivity index (χ2n) is 11.4. The lowest BCUT2D eigenvalue weighted by molar-refractivity contribution is -0.140. The number of anilines is 1. The topological polar surface area (TPSA) is 86.8 Å². The first kappa shape index (κ1) is 36.8. The summed E-state index contributed by atoms with van der Waals surface area (Å²) in [5.74, 6) is -1.29. The van der Waals surface area contributed by atoms with Crippen LogP contribution in [0.4, 0.5) is 18.9 Å². The third-order valence-corrected chi connectivity index (χ3v) is 9.87. The van der Waals surface area contributed by atoms with E-state index in [1.54, 1.807) is 60.7 Å². The van der Waals surface area contributed by atoms with E-state index in [9.17, 15) is 31.2 Å². The van der Waals surface area contributed by atoms with Gasteiger partial charge in [0, 0.05) is 24.5 Å². The maximum Gasteiger partial charge on any atom is 0.416 e. The molecule has 0 bridgehead atoms. The Morgan fingerprint density at radius 2 is 1.44 bits per heavy atom. The summed E-state index contributed by atoms with van der Waals surface area (Å²) < 4.78 is 70.3. The maximum atomic E-state index is 14.5. The van der Waals surface area contributed by atoms with Crippen LogP contribution in [0.25, 0.3) is 0 Å². The van der Waals surface area contributed by atoms with E-state index < -0.39 is 51.9 Å². The number of halogens is 5. The van der Waals surface area contributed by atoms with Crippen LogP contribution in [0.1, 0.15) is 30.5 Å². The van der Waals surface area contributed by atoms with Crippen LogP contribution >= 0.6 is 23.2 Å². The van der Waals surface area contributed by atoms with Gasteiger partial charge in [0.2, 0.25) is 11.8 Å². The summed E-state index contributed by atoms with van der Waals surface area (Å²) in [7, 11) is -4.67. The highest BCUT2D eigenvalue weighted by atomic mass is 35.5. The summed E-state index contributed by atoms with van der Waals surface area (Å²) in [5, 5.41) is 2.84. The highest BCUT2D eigenvalue weighted by molar-refractivity contribution is 7.92. The number of alkyl halides is 3. The monoisotopic (exact) mass is 719 g/mol. The molecule has 48 heavy (non-hydrogen) atoms. The number of hydrogen-bond acceptors (Lipinski definition) is 4. The van der Waals surface area contributed by atoms with Crippen LogP contribution in [0.15, 0.2) is 108 Å². The van der Waals surface area contributed by atoms with Crippen LogP contribution in [0, 0.1) is 5.92 Å². The molecule has 4 aromatic rings. The Morgan fingerprint density at radius 3 is 2.04 bits per heavy atom. The third-order valence-electron chi connectivity index (χ3n) is 7.41. The van der Waals surface area contributed by atoms with Gasteiger partial charge in [-0.1, -0.05) is 104 Å². The van der Waals surface area contributed by atoms with Gasteiger partial charge in [0.25, 0.3) is 10.0 Å². The van der Waals surface area contributed by atoms with E-state index in [-0.39, 0.29) is 28.8 Å². The Labute approximate surface area is 288 Å². The lowest BCUT2D eigenvalue weighted by Gasteiger charge is -2.34. The fraction of sp³-hybridized carbons (Fsp3) is 0.257. The molecule has 0 saturated heterocycles. The van der Waals surface area contributed by atoms with Crippen molar-refractivity contribution in [3.63, 3.8) is 0 Å². The van der Waals surface area contributed by atoms with E-state index in [0.717, 1.165) is 12.1 Å². The lowest BCUT2D eigenvalue weighted by atomic mass is 10.0. The number of nitrogens with zero attached hydrogens (tertiary/aromatic N) is 2. The Balaban J connectivity index is 1.87. The molecule has 254 valence electrons. The molecule has 0 fully saturated rings. The van der Waals surface area contributed by atoms with Crippen LogP contribution < -0.4 is 9.62 Å². The van der Waals surface area contributed by atoms with Gasteiger partial charge in [-0.05, 0) is 53.4 Å². The first-order valence-electron chi connectivity index (χ1n) is 15.0. The molecule has 1 N–H and O–H groups in total. The Hall–Kier alpha value is -4.06. The van der Waals surface area contributed by atoms with Crippen molar-refractivity contribution in [2.75, 3.05) is 17.4 Å². The van der Waals surface area contributed by atoms with Gasteiger partial charge in [-0.15, -0.1) is 0 Å². The number of carbonyl (C=O) groups excluding carboxylic acids is 2. The van der Waals surface area contributed by atoms with Gasteiger partial charge in [-0.25, -0.2) is 8.42 Å². The molecule has 2 amide bonds. The van der Waals surface area contributed by atoms with Crippen molar-refractivity contribution in [3.05, 3.63) is 130 Å². The first-order chi connectivity index (χ1) is 22.7. The zero-order valence-corrected chi connectivity index (χ0v) is 28.5. The third kappa shape index (κ3) is 9.30. The summed E-state index contributed by atoms with van der Waals surface area (Å²) in [6, 6.07) is 23.7. The minimum absolute atomic E-state index is 0.0523. The van der Waals surface area contributed by atoms with Gasteiger partial charge < -0.3 is 10.2 Å². The second kappa shape index (κ2) is 15.9. The molecule has 0 heterocycles. The van der Waals surface area contributed by atoms with Gasteiger partial charge in [0.05, 0.1) is 21.2 Å². The molecule has 1 unspecified atom stereocenters. The van der Waals surface area contributed by atoms with Gasteiger partial charge in [0.15, 0.2) is 0 Å². The number of hydrogen-bond donors (Lipinski definition) is 1. The van der Waals surface area contributed by atoms with Gasteiger partial charge in [0.1, 0.15) is 12.6 Å². The number of amides is 2. The fourth-order valence-electron chi connectivity index (χ4n) is 4.90. The fourth-order valence-corrected chi connectivity index (χ4v) is 6.81. The average Bonchev–Trinajstić information content (AvgIpc) is 3.05. The number of nitrogens with one attached hydrogen (secondary N) is 1. The van der Waals surface area contributed by atoms with Crippen molar-refractivity contribution in [3.8, 4) is 0 Å². The zero-order chi connectivity index (χ0) is 35.1. The normalized spacial score (nSPS) is 12.4. The maximum absolute atomic E-state index is 14.5. The number of sulfonamides is 1. The van der Waals surface area contributed by atoms with Crippen molar-refractivity contribution in [1.82, 2.24) is 10.2 Å². The minimum atomic E-state index is -4.84. The Morgan fingerprint density at radius 1 is 0.833 bits per heavy atom. The van der Waals surface area contributed by atoms with E-state index >= 15 is 0 Å². The molecule has 13 heteroatoms. The van der Waals surface area contributed by atoms with Gasteiger partial charge >= 0.3 is 6.18 Å². The summed E-state index contributed by atoms with van der Waals surface area (Å²) in [4.78, 5) is 29.3. The van der Waals surface area contributed by atoms with Crippen LogP contribution in [-0.2, 0) is 38.8 Å². The average molecular weight is 721 g/mol. The number of carbonyl (C=O) groups is 2. The van der Waals surface area contributed by atoms with E-state index in [1.165, 1.54) is 29.2 Å². The smallest absolute Gasteiger partial charge is 0.354 e. The van der Waals surface area contributed by atoms with Gasteiger partial charge in [-0.3, -0.25) is 13.9 Å². The Bertz CT molecular complexity index is 1830. The van der Waals surface area contributed by atoms with Crippen molar-refractivity contribution in [2.24, 2.45) is 5.92 Å². The zero-order valence-electron chi connectivity index (χ0n) is 26.1. The molecule has 0 aromatic heterocycles. The molecule has 4 rings (SSSR count). The highest BCUT2D eigenvalue weighted by Gasteiger charge is 2.37. The van der Waals surface area contributed by atoms with Crippen molar-refractivity contribution >= 4 is 50.7 Å².